The minimum Gasteiger partial charge on any atom is -0.493 e. The second-order valence-corrected chi connectivity index (χ2v) is 6.27. The molecule has 0 aromatic heterocycles. The largest absolute Gasteiger partial charge is 0.493 e. The first-order valence-electron chi connectivity index (χ1n) is 7.80. The van der Waals surface area contributed by atoms with Gasteiger partial charge >= 0.3 is 0 Å². The second kappa shape index (κ2) is 6.04. The molecule has 3 rings (SSSR count). The van der Waals surface area contributed by atoms with Gasteiger partial charge in [-0.05, 0) is 67.7 Å². The van der Waals surface area contributed by atoms with Gasteiger partial charge in [-0.1, -0.05) is 12.5 Å². The lowest BCUT2D eigenvalue weighted by Gasteiger charge is -2.22. The second-order valence-electron chi connectivity index (χ2n) is 6.27. The lowest BCUT2D eigenvalue weighted by atomic mass is 9.89. The van der Waals surface area contributed by atoms with E-state index in [4.69, 9.17) is 15.2 Å². The lowest BCUT2D eigenvalue weighted by Crippen LogP contribution is -2.18. The molecule has 0 aliphatic heterocycles. The van der Waals surface area contributed by atoms with Crippen molar-refractivity contribution in [2.75, 3.05) is 20.3 Å². The summed E-state index contributed by atoms with van der Waals surface area (Å²) in [4.78, 5) is 0. The zero-order chi connectivity index (χ0) is 13.9. The molecule has 1 aromatic rings. The van der Waals surface area contributed by atoms with Gasteiger partial charge in [0.05, 0.1) is 13.7 Å². The van der Waals surface area contributed by atoms with E-state index in [0.29, 0.717) is 6.54 Å². The van der Waals surface area contributed by atoms with Crippen molar-refractivity contribution >= 4 is 0 Å². The SMILES string of the molecule is COc1ccc(CCN)cc1OCC1CC2CCC1C2. The normalized spacial score (nSPS) is 27.8. The van der Waals surface area contributed by atoms with Crippen molar-refractivity contribution in [3.8, 4) is 11.5 Å². The molecule has 2 N–H and O–H groups in total. The Labute approximate surface area is 121 Å². The van der Waals surface area contributed by atoms with Gasteiger partial charge in [-0.2, -0.15) is 0 Å². The van der Waals surface area contributed by atoms with Crippen molar-refractivity contribution in [1.29, 1.82) is 0 Å². The molecule has 0 radical (unpaired) electrons. The molecule has 2 fully saturated rings. The minimum absolute atomic E-state index is 0.665. The minimum atomic E-state index is 0.665. The highest BCUT2D eigenvalue weighted by molar-refractivity contribution is 5.43. The van der Waals surface area contributed by atoms with E-state index in [1.165, 1.54) is 31.2 Å². The number of hydrogen-bond acceptors (Lipinski definition) is 3. The van der Waals surface area contributed by atoms with E-state index in [9.17, 15) is 0 Å². The Kier molecular flexibility index (Phi) is 4.16. The smallest absolute Gasteiger partial charge is 0.161 e. The highest BCUT2D eigenvalue weighted by Crippen LogP contribution is 2.48. The van der Waals surface area contributed by atoms with Gasteiger partial charge < -0.3 is 15.2 Å². The average molecular weight is 275 g/mol. The van der Waals surface area contributed by atoms with Crippen LogP contribution in [0.15, 0.2) is 18.2 Å². The maximum Gasteiger partial charge on any atom is 0.161 e. The van der Waals surface area contributed by atoms with Gasteiger partial charge in [-0.25, -0.2) is 0 Å². The molecule has 1 aromatic carbocycles. The molecule has 3 nitrogen and oxygen atoms in total. The summed E-state index contributed by atoms with van der Waals surface area (Å²) in [6, 6.07) is 6.14. The van der Waals surface area contributed by atoms with Crippen LogP contribution in [0.25, 0.3) is 0 Å². The third kappa shape index (κ3) is 2.78. The standard InChI is InChI=1S/C17H25NO2/c1-19-16-5-3-12(6-7-18)10-17(16)20-11-15-9-13-2-4-14(15)8-13/h3,5,10,13-15H,2,4,6-9,11,18H2,1H3. The highest BCUT2D eigenvalue weighted by Gasteiger charge is 2.39. The van der Waals surface area contributed by atoms with Gasteiger partial charge in [0.1, 0.15) is 0 Å². The summed E-state index contributed by atoms with van der Waals surface area (Å²) in [6.45, 7) is 1.50. The molecule has 0 saturated heterocycles. The molecular weight excluding hydrogens is 250 g/mol. The fraction of sp³-hybridized carbons (Fsp3) is 0.647. The Balaban J connectivity index is 1.64. The van der Waals surface area contributed by atoms with Crippen LogP contribution in [0.2, 0.25) is 0 Å². The molecule has 0 spiro atoms. The number of ether oxygens (including phenoxy) is 2. The van der Waals surface area contributed by atoms with Crippen LogP contribution < -0.4 is 15.2 Å². The van der Waals surface area contributed by atoms with Crippen molar-refractivity contribution in [3.63, 3.8) is 0 Å². The number of rotatable bonds is 6. The summed E-state index contributed by atoms with van der Waals surface area (Å²) in [5.41, 5.74) is 6.84. The maximum absolute atomic E-state index is 6.09. The number of hydrogen-bond donors (Lipinski definition) is 1. The van der Waals surface area contributed by atoms with Gasteiger partial charge in [0.15, 0.2) is 11.5 Å². The molecule has 3 heteroatoms. The molecule has 3 unspecified atom stereocenters. The summed E-state index contributed by atoms with van der Waals surface area (Å²) < 4.78 is 11.5. The summed E-state index contributed by atoms with van der Waals surface area (Å²) >= 11 is 0. The average Bonchev–Trinajstić information content (AvgIpc) is 3.08. The van der Waals surface area contributed by atoms with Gasteiger partial charge in [0.25, 0.3) is 0 Å². The van der Waals surface area contributed by atoms with Crippen LogP contribution in [0.4, 0.5) is 0 Å². The fourth-order valence-corrected chi connectivity index (χ4v) is 3.93. The van der Waals surface area contributed by atoms with Crippen molar-refractivity contribution in [1.82, 2.24) is 0 Å². The Hall–Kier alpha value is -1.22. The topological polar surface area (TPSA) is 44.5 Å². The van der Waals surface area contributed by atoms with E-state index in [0.717, 1.165) is 42.3 Å². The maximum atomic E-state index is 6.09. The Morgan fingerprint density at radius 3 is 2.75 bits per heavy atom. The zero-order valence-electron chi connectivity index (χ0n) is 12.3. The Bertz CT molecular complexity index is 460. The predicted molar refractivity (Wildman–Crippen MR) is 80.2 cm³/mol. The van der Waals surface area contributed by atoms with Crippen LogP contribution in [0.1, 0.15) is 31.2 Å². The molecule has 0 heterocycles. The van der Waals surface area contributed by atoms with Crippen molar-refractivity contribution in [2.45, 2.75) is 32.1 Å². The Morgan fingerprint density at radius 2 is 2.10 bits per heavy atom. The van der Waals surface area contributed by atoms with Gasteiger partial charge in [-0.15, -0.1) is 0 Å². The molecule has 0 amide bonds. The van der Waals surface area contributed by atoms with Gasteiger partial charge in [0.2, 0.25) is 0 Å². The van der Waals surface area contributed by atoms with Crippen LogP contribution in [0, 0.1) is 17.8 Å². The predicted octanol–water partition coefficient (Wildman–Crippen LogP) is 3.01. The van der Waals surface area contributed by atoms with E-state index >= 15 is 0 Å². The third-order valence-electron chi connectivity index (χ3n) is 5.00. The van der Waals surface area contributed by atoms with E-state index in [1.807, 2.05) is 6.07 Å². The summed E-state index contributed by atoms with van der Waals surface area (Å²) in [5, 5.41) is 0. The van der Waals surface area contributed by atoms with Crippen LogP contribution in [0.5, 0.6) is 11.5 Å². The fourth-order valence-electron chi connectivity index (χ4n) is 3.93. The molecule has 2 bridgehead atoms. The van der Waals surface area contributed by atoms with Crippen LogP contribution in [-0.4, -0.2) is 20.3 Å². The number of fused-ring (bicyclic) bond motifs is 2. The number of benzene rings is 1. The molecule has 2 aliphatic rings. The molecule has 20 heavy (non-hydrogen) atoms. The van der Waals surface area contributed by atoms with Crippen LogP contribution in [0.3, 0.4) is 0 Å². The third-order valence-corrected chi connectivity index (χ3v) is 5.00. The van der Waals surface area contributed by atoms with E-state index in [-0.39, 0.29) is 0 Å². The van der Waals surface area contributed by atoms with Gasteiger partial charge in [-0.3, -0.25) is 0 Å². The lowest BCUT2D eigenvalue weighted by molar-refractivity contribution is 0.189. The number of methoxy groups -OCH3 is 1. The van der Waals surface area contributed by atoms with E-state index in [1.54, 1.807) is 7.11 Å². The van der Waals surface area contributed by atoms with Crippen molar-refractivity contribution in [3.05, 3.63) is 23.8 Å². The van der Waals surface area contributed by atoms with E-state index < -0.39 is 0 Å². The van der Waals surface area contributed by atoms with E-state index in [2.05, 4.69) is 12.1 Å². The molecule has 110 valence electrons. The first kappa shape index (κ1) is 13.7. The molecule has 3 atom stereocenters. The number of nitrogens with two attached hydrogens (primary N) is 1. The molecular formula is C17H25NO2. The quantitative estimate of drug-likeness (QED) is 0.868. The Morgan fingerprint density at radius 1 is 1.20 bits per heavy atom. The summed E-state index contributed by atoms with van der Waals surface area (Å²) in [5.74, 6) is 4.32. The van der Waals surface area contributed by atoms with Crippen LogP contribution in [-0.2, 0) is 6.42 Å². The first-order chi connectivity index (χ1) is 9.80. The zero-order valence-corrected chi connectivity index (χ0v) is 12.3. The highest BCUT2D eigenvalue weighted by atomic mass is 16.5. The molecule has 2 aliphatic carbocycles. The summed E-state index contributed by atoms with van der Waals surface area (Å²) in [7, 11) is 1.70. The first-order valence-corrected chi connectivity index (χ1v) is 7.80. The monoisotopic (exact) mass is 275 g/mol. The summed E-state index contributed by atoms with van der Waals surface area (Å²) in [6.07, 6.45) is 6.52. The van der Waals surface area contributed by atoms with Crippen molar-refractivity contribution < 1.29 is 9.47 Å². The van der Waals surface area contributed by atoms with Crippen molar-refractivity contribution in [2.24, 2.45) is 23.5 Å². The molecule has 2 saturated carbocycles. The van der Waals surface area contributed by atoms with Crippen LogP contribution >= 0.6 is 0 Å². The van der Waals surface area contributed by atoms with Gasteiger partial charge in [0, 0.05) is 0 Å².